The van der Waals surface area contributed by atoms with Crippen molar-refractivity contribution >= 4 is 44.7 Å². The minimum absolute atomic E-state index is 0.0614. The number of fused-ring (bicyclic) bond motifs is 2. The molecule has 3 fully saturated rings. The summed E-state index contributed by atoms with van der Waals surface area (Å²) in [7, 11) is 0. The zero-order valence-electron chi connectivity index (χ0n) is 25.1. The van der Waals surface area contributed by atoms with Gasteiger partial charge in [0.05, 0.1) is 36.1 Å². The molecule has 1 N–H and O–H groups in total. The van der Waals surface area contributed by atoms with Gasteiger partial charge in [0.25, 0.3) is 0 Å². The van der Waals surface area contributed by atoms with Crippen molar-refractivity contribution in [1.82, 2.24) is 29.7 Å². The zero-order chi connectivity index (χ0) is 31.9. The van der Waals surface area contributed by atoms with Gasteiger partial charge in [-0.15, -0.1) is 18.3 Å². The van der Waals surface area contributed by atoms with Crippen molar-refractivity contribution in [1.29, 1.82) is 0 Å². The molecular weight excluding hydrogens is 640 g/mol. The van der Waals surface area contributed by atoms with E-state index in [-0.39, 0.29) is 48.9 Å². The number of ether oxygens (including phenoxy) is 1. The number of amides is 3. The van der Waals surface area contributed by atoms with E-state index in [9.17, 15) is 19.5 Å². The predicted molar refractivity (Wildman–Crippen MR) is 171 cm³/mol. The van der Waals surface area contributed by atoms with Crippen molar-refractivity contribution in [2.75, 3.05) is 19.7 Å². The summed E-state index contributed by atoms with van der Waals surface area (Å²) in [6.45, 7) is 9.92. The van der Waals surface area contributed by atoms with Crippen LogP contribution in [0.1, 0.15) is 18.9 Å². The molecule has 2 bridgehead atoms. The number of para-hydroxylation sites is 1. The average Bonchev–Trinajstić information content (AvgIpc) is 3.77. The summed E-state index contributed by atoms with van der Waals surface area (Å²) in [4.78, 5) is 47.9. The first kappa shape index (κ1) is 31.1. The Bertz CT molecular complexity index is 1620. The fraction of sp³-hybridized carbons (Fsp3) is 0.424. The summed E-state index contributed by atoms with van der Waals surface area (Å²) in [5, 5.41) is 18.7. The lowest BCUT2D eigenvalue weighted by molar-refractivity contribution is -0.152. The second-order valence-corrected chi connectivity index (χ2v) is 13.2. The van der Waals surface area contributed by atoms with Gasteiger partial charge in [-0.2, -0.15) is 0 Å². The van der Waals surface area contributed by atoms with Crippen LogP contribution in [0, 0.1) is 11.8 Å². The van der Waals surface area contributed by atoms with Gasteiger partial charge in [-0.3, -0.25) is 14.4 Å². The van der Waals surface area contributed by atoms with E-state index >= 15 is 0 Å². The number of alkyl halides is 1. The van der Waals surface area contributed by atoms with Crippen LogP contribution >= 0.6 is 15.9 Å². The summed E-state index contributed by atoms with van der Waals surface area (Å²) >= 11 is 3.75. The minimum atomic E-state index is -1.27. The molecule has 3 aliphatic heterocycles. The maximum absolute atomic E-state index is 14.7. The lowest BCUT2D eigenvalue weighted by atomic mass is 9.70. The van der Waals surface area contributed by atoms with E-state index < -0.39 is 35.6 Å². The highest BCUT2D eigenvalue weighted by Crippen LogP contribution is 2.60. The first-order valence-corrected chi connectivity index (χ1v) is 16.0. The molecule has 3 aromatic rings. The lowest BCUT2D eigenvalue weighted by Crippen LogP contribution is -2.58. The Hall–Kier alpha value is -3.87. The maximum atomic E-state index is 14.7. The highest BCUT2D eigenvalue weighted by molar-refractivity contribution is 9.09. The van der Waals surface area contributed by atoms with Gasteiger partial charge in [-0.1, -0.05) is 75.8 Å². The van der Waals surface area contributed by atoms with Crippen molar-refractivity contribution in [3.8, 4) is 0 Å². The summed E-state index contributed by atoms with van der Waals surface area (Å²) < 4.78 is 8.33. The van der Waals surface area contributed by atoms with Crippen LogP contribution < -0.4 is 0 Å². The third kappa shape index (κ3) is 5.18. The molecule has 3 saturated heterocycles. The van der Waals surface area contributed by atoms with Crippen molar-refractivity contribution in [3.63, 3.8) is 0 Å². The van der Waals surface area contributed by atoms with Crippen LogP contribution in [0.25, 0.3) is 11.0 Å². The van der Waals surface area contributed by atoms with Crippen LogP contribution in [-0.2, 0) is 32.3 Å². The molecule has 6 rings (SSSR count). The molecule has 236 valence electrons. The smallest absolute Gasteiger partial charge is 0.250 e. The Kier molecular flexibility index (Phi) is 8.64. The molecule has 45 heavy (non-hydrogen) atoms. The lowest BCUT2D eigenvalue weighted by Gasteiger charge is -2.38. The number of hydrogen-bond donors (Lipinski definition) is 1. The Morgan fingerprint density at radius 1 is 1.11 bits per heavy atom. The highest BCUT2D eigenvalue weighted by Gasteiger charge is 2.77. The molecule has 12 heteroatoms. The van der Waals surface area contributed by atoms with Crippen molar-refractivity contribution in [3.05, 3.63) is 85.5 Å². The summed E-state index contributed by atoms with van der Waals surface area (Å²) in [6.07, 6.45) is 3.03. The molecule has 1 aromatic heterocycles. The van der Waals surface area contributed by atoms with Crippen molar-refractivity contribution in [2.24, 2.45) is 11.8 Å². The molecule has 0 aliphatic carbocycles. The first-order chi connectivity index (χ1) is 21.7. The number of likely N-dealkylation sites (tertiary alicyclic amines) is 1. The van der Waals surface area contributed by atoms with Gasteiger partial charge in [-0.25, -0.2) is 4.68 Å². The number of aromatic nitrogens is 3. The number of halogens is 1. The second-order valence-electron chi connectivity index (χ2n) is 12.0. The molecule has 0 saturated carbocycles. The van der Waals surface area contributed by atoms with Gasteiger partial charge in [0.15, 0.2) is 0 Å². The largest absolute Gasteiger partial charge is 0.394 e. The Morgan fingerprint density at radius 2 is 1.80 bits per heavy atom. The van der Waals surface area contributed by atoms with Crippen LogP contribution in [0.5, 0.6) is 0 Å². The monoisotopic (exact) mass is 676 g/mol. The van der Waals surface area contributed by atoms with Gasteiger partial charge in [-0.05, 0) is 31.0 Å². The Labute approximate surface area is 270 Å². The number of carbonyl (C=O) groups is 3. The molecule has 0 radical (unpaired) electrons. The molecule has 3 aliphatic rings. The van der Waals surface area contributed by atoms with E-state index in [0.29, 0.717) is 18.5 Å². The zero-order valence-corrected chi connectivity index (χ0v) is 26.7. The van der Waals surface area contributed by atoms with Crippen LogP contribution in [0.3, 0.4) is 0 Å². The number of aliphatic hydroxyl groups is 1. The van der Waals surface area contributed by atoms with E-state index in [1.807, 2.05) is 54.6 Å². The fourth-order valence-electron chi connectivity index (χ4n) is 7.32. The normalized spacial score (nSPS) is 27.4. The third-order valence-electron chi connectivity index (χ3n) is 9.25. The molecule has 7 atom stereocenters. The molecule has 3 amide bonds. The van der Waals surface area contributed by atoms with E-state index in [2.05, 4.69) is 39.4 Å². The van der Waals surface area contributed by atoms with Crippen LogP contribution in [-0.4, -0.2) is 101 Å². The highest BCUT2D eigenvalue weighted by atomic mass is 79.9. The Morgan fingerprint density at radius 3 is 2.51 bits per heavy atom. The summed E-state index contributed by atoms with van der Waals surface area (Å²) in [5.74, 6) is -2.68. The number of rotatable bonds is 12. The van der Waals surface area contributed by atoms with Crippen LogP contribution in [0.4, 0.5) is 0 Å². The van der Waals surface area contributed by atoms with Gasteiger partial charge in [0.2, 0.25) is 17.7 Å². The van der Waals surface area contributed by atoms with E-state index in [1.54, 1.807) is 33.6 Å². The Balaban J connectivity index is 1.37. The summed E-state index contributed by atoms with van der Waals surface area (Å²) in [5.41, 5.74) is 1.12. The van der Waals surface area contributed by atoms with E-state index in [0.717, 1.165) is 11.1 Å². The number of aliphatic hydroxyl groups excluding tert-OH is 1. The second kappa shape index (κ2) is 12.5. The SMILES string of the molecule is C=CCN(Cn1nnc2ccccc21)C(=O)C1N([C@H](C)CO)C(=O)[C@@H]2[C@H](C(=O)N(CC=C)Cc3ccccc3)[C@H]3OC12CC3Br. The van der Waals surface area contributed by atoms with Crippen molar-refractivity contribution in [2.45, 2.75) is 55.2 Å². The summed E-state index contributed by atoms with van der Waals surface area (Å²) in [6, 6.07) is 15.3. The van der Waals surface area contributed by atoms with Gasteiger partial charge < -0.3 is 24.5 Å². The molecule has 3 unspecified atom stereocenters. The fourth-order valence-corrected chi connectivity index (χ4v) is 8.27. The minimum Gasteiger partial charge on any atom is -0.394 e. The standard InChI is InChI=1S/C33H37BrN6O5/c1-4-15-37(18-22-11-7-6-8-12-22)30(42)26-27-31(43)40(21(3)19-41)29(33(27)17-23(34)28(26)45-33)32(44)38(16-5-2)20-39-25-14-10-9-13-24(25)35-36-39/h4-14,21,23,26-29,41H,1-2,15-20H2,3H3/t21-,23?,26+,27+,28+,29?,33?/m1/s1. The average molecular weight is 678 g/mol. The number of hydrogen-bond acceptors (Lipinski definition) is 7. The van der Waals surface area contributed by atoms with Crippen LogP contribution in [0.2, 0.25) is 0 Å². The number of carbonyl (C=O) groups excluding carboxylic acids is 3. The third-order valence-corrected chi connectivity index (χ3v) is 10.1. The first-order valence-electron chi connectivity index (χ1n) is 15.1. The van der Waals surface area contributed by atoms with Gasteiger partial charge in [0, 0.05) is 24.5 Å². The topological polar surface area (TPSA) is 121 Å². The van der Waals surface area contributed by atoms with Gasteiger partial charge >= 0.3 is 0 Å². The van der Waals surface area contributed by atoms with E-state index in [4.69, 9.17) is 4.74 Å². The van der Waals surface area contributed by atoms with E-state index in [1.165, 1.54) is 4.90 Å². The molecule has 11 nitrogen and oxygen atoms in total. The quantitative estimate of drug-likeness (QED) is 0.231. The maximum Gasteiger partial charge on any atom is 0.250 e. The number of benzene rings is 2. The number of nitrogens with zero attached hydrogens (tertiary/aromatic N) is 6. The molecule has 2 aromatic carbocycles. The molecular formula is C33H37BrN6O5. The van der Waals surface area contributed by atoms with Gasteiger partial charge in [0.1, 0.15) is 23.8 Å². The van der Waals surface area contributed by atoms with Crippen molar-refractivity contribution < 1.29 is 24.2 Å². The predicted octanol–water partition coefficient (Wildman–Crippen LogP) is 2.75. The van der Waals surface area contributed by atoms with Crippen LogP contribution in [0.15, 0.2) is 79.9 Å². The molecule has 4 heterocycles. The molecule has 1 spiro atoms.